The lowest BCUT2D eigenvalue weighted by molar-refractivity contribution is 0.174. The minimum Gasteiger partial charge on any atom is -0.454 e. The summed E-state index contributed by atoms with van der Waals surface area (Å²) in [7, 11) is -3.80. The molecule has 34 heavy (non-hydrogen) atoms. The molecule has 0 atom stereocenters. The Hall–Kier alpha value is -3.62. The number of aromatic nitrogens is 1. The van der Waals surface area contributed by atoms with E-state index in [0.717, 1.165) is 22.3 Å². The van der Waals surface area contributed by atoms with Gasteiger partial charge in [-0.15, -0.1) is 0 Å². The van der Waals surface area contributed by atoms with Crippen LogP contribution in [0.4, 0.5) is 0 Å². The Labute approximate surface area is 198 Å². The summed E-state index contributed by atoms with van der Waals surface area (Å²) < 4.78 is 44.9. The minimum atomic E-state index is -3.80. The second-order valence-electron chi connectivity index (χ2n) is 8.27. The van der Waals surface area contributed by atoms with Gasteiger partial charge in [-0.05, 0) is 49.2 Å². The zero-order valence-electron chi connectivity index (χ0n) is 18.9. The van der Waals surface area contributed by atoms with Crippen LogP contribution in [-0.2, 0) is 23.1 Å². The molecule has 0 aliphatic carbocycles. The number of fused-ring (bicyclic) bond motifs is 1. The summed E-state index contributed by atoms with van der Waals surface area (Å²) in [5.41, 5.74) is 4.45. The molecule has 0 bridgehead atoms. The van der Waals surface area contributed by atoms with E-state index in [9.17, 15) is 8.42 Å². The molecule has 0 saturated carbocycles. The molecule has 8 heteroatoms. The maximum Gasteiger partial charge on any atom is 0.243 e. The zero-order valence-corrected chi connectivity index (χ0v) is 19.7. The Morgan fingerprint density at radius 2 is 1.68 bits per heavy atom. The van der Waals surface area contributed by atoms with Crippen molar-refractivity contribution in [2.75, 3.05) is 6.79 Å². The van der Waals surface area contributed by atoms with Gasteiger partial charge in [0.15, 0.2) is 17.3 Å². The number of hydrogen-bond acceptors (Lipinski definition) is 6. The van der Waals surface area contributed by atoms with Crippen LogP contribution in [0.1, 0.15) is 22.4 Å². The lowest BCUT2D eigenvalue weighted by atomic mass is 10.0. The van der Waals surface area contributed by atoms with Crippen molar-refractivity contribution in [1.29, 1.82) is 0 Å². The largest absolute Gasteiger partial charge is 0.454 e. The van der Waals surface area contributed by atoms with Crippen LogP contribution in [-0.4, -0.2) is 24.7 Å². The first-order valence-electron chi connectivity index (χ1n) is 10.9. The van der Waals surface area contributed by atoms with E-state index in [0.29, 0.717) is 23.0 Å². The molecule has 5 rings (SSSR count). The summed E-state index contributed by atoms with van der Waals surface area (Å²) >= 11 is 0. The molecule has 1 aliphatic rings. The smallest absolute Gasteiger partial charge is 0.243 e. The summed E-state index contributed by atoms with van der Waals surface area (Å²) in [6.45, 7) is 4.39. The van der Waals surface area contributed by atoms with E-state index in [1.165, 1.54) is 4.31 Å². The summed E-state index contributed by atoms with van der Waals surface area (Å²) in [6.07, 6.45) is 0. The Bertz CT molecular complexity index is 1430. The Morgan fingerprint density at radius 1 is 0.882 bits per heavy atom. The normalized spacial score (nSPS) is 12.9. The third-order valence-corrected chi connectivity index (χ3v) is 7.53. The first kappa shape index (κ1) is 22.2. The number of hydrogen-bond donors (Lipinski definition) is 0. The van der Waals surface area contributed by atoms with Gasteiger partial charge in [0, 0.05) is 18.2 Å². The standard InChI is InChI=1S/C26H24N2O5S/c1-18-8-10-23(19(2)12-18)25-14-21(27-33-25)16-28(34(29,30)22-6-4-3-5-7-22)15-20-9-11-24-26(13-20)32-17-31-24/h3-14H,15-17H2,1-2H3. The van der Waals surface area contributed by atoms with Gasteiger partial charge in [-0.3, -0.25) is 0 Å². The van der Waals surface area contributed by atoms with E-state index in [1.54, 1.807) is 48.5 Å². The van der Waals surface area contributed by atoms with Crippen molar-refractivity contribution in [3.05, 3.63) is 95.2 Å². The first-order chi connectivity index (χ1) is 16.4. The van der Waals surface area contributed by atoms with Gasteiger partial charge in [-0.2, -0.15) is 4.31 Å². The highest BCUT2D eigenvalue weighted by Gasteiger charge is 2.27. The molecule has 0 saturated heterocycles. The number of nitrogens with zero attached hydrogens (tertiary/aromatic N) is 2. The van der Waals surface area contributed by atoms with Gasteiger partial charge in [0.1, 0.15) is 0 Å². The van der Waals surface area contributed by atoms with E-state index in [2.05, 4.69) is 11.2 Å². The molecular weight excluding hydrogens is 452 g/mol. The molecule has 174 valence electrons. The third kappa shape index (κ3) is 4.42. The van der Waals surface area contributed by atoms with Crippen LogP contribution in [0.2, 0.25) is 0 Å². The van der Waals surface area contributed by atoms with Crippen molar-refractivity contribution in [3.8, 4) is 22.8 Å². The molecule has 7 nitrogen and oxygen atoms in total. The van der Waals surface area contributed by atoms with Crippen LogP contribution in [0.25, 0.3) is 11.3 Å². The van der Waals surface area contributed by atoms with Gasteiger partial charge in [0.05, 0.1) is 17.1 Å². The van der Waals surface area contributed by atoms with Gasteiger partial charge in [-0.25, -0.2) is 8.42 Å². The number of ether oxygens (including phenoxy) is 2. The number of aryl methyl sites for hydroxylation is 2. The van der Waals surface area contributed by atoms with Crippen molar-refractivity contribution in [1.82, 2.24) is 9.46 Å². The van der Waals surface area contributed by atoms with E-state index < -0.39 is 10.0 Å². The second kappa shape index (κ2) is 8.96. The van der Waals surface area contributed by atoms with Crippen molar-refractivity contribution in [3.63, 3.8) is 0 Å². The van der Waals surface area contributed by atoms with Crippen LogP contribution in [0, 0.1) is 13.8 Å². The highest BCUT2D eigenvalue weighted by Crippen LogP contribution is 2.34. The van der Waals surface area contributed by atoms with Gasteiger partial charge in [-0.1, -0.05) is 53.2 Å². The highest BCUT2D eigenvalue weighted by molar-refractivity contribution is 7.89. The van der Waals surface area contributed by atoms with Crippen molar-refractivity contribution < 1.29 is 22.4 Å². The maximum atomic E-state index is 13.6. The molecule has 0 fully saturated rings. The molecule has 4 aromatic rings. The molecule has 0 radical (unpaired) electrons. The van der Waals surface area contributed by atoms with E-state index in [4.69, 9.17) is 14.0 Å². The molecule has 0 spiro atoms. The first-order valence-corrected chi connectivity index (χ1v) is 12.3. The maximum absolute atomic E-state index is 13.6. The van der Waals surface area contributed by atoms with Crippen molar-refractivity contribution >= 4 is 10.0 Å². The third-order valence-electron chi connectivity index (χ3n) is 5.72. The molecule has 2 heterocycles. The average Bonchev–Trinajstić information content (AvgIpc) is 3.48. The monoisotopic (exact) mass is 476 g/mol. The Balaban J connectivity index is 1.47. The molecule has 1 aliphatic heterocycles. The fourth-order valence-corrected chi connectivity index (χ4v) is 5.41. The zero-order chi connectivity index (χ0) is 23.7. The predicted molar refractivity (Wildman–Crippen MR) is 127 cm³/mol. The van der Waals surface area contributed by atoms with Gasteiger partial charge in [0.2, 0.25) is 16.8 Å². The molecule has 0 N–H and O–H groups in total. The molecule has 3 aromatic carbocycles. The van der Waals surface area contributed by atoms with Crippen LogP contribution in [0.5, 0.6) is 11.5 Å². The summed E-state index contributed by atoms with van der Waals surface area (Å²) in [4.78, 5) is 0.217. The average molecular weight is 477 g/mol. The van der Waals surface area contributed by atoms with Crippen LogP contribution in [0.3, 0.4) is 0 Å². The van der Waals surface area contributed by atoms with Crippen molar-refractivity contribution in [2.24, 2.45) is 0 Å². The topological polar surface area (TPSA) is 81.9 Å². The van der Waals surface area contributed by atoms with Crippen LogP contribution in [0.15, 0.2) is 82.2 Å². The second-order valence-corrected chi connectivity index (χ2v) is 10.2. The SMILES string of the molecule is Cc1ccc(-c2cc(CN(Cc3ccc4c(c3)OCO4)S(=O)(=O)c3ccccc3)no2)c(C)c1. The van der Waals surface area contributed by atoms with Crippen LogP contribution < -0.4 is 9.47 Å². The predicted octanol–water partition coefficient (Wildman–Crippen LogP) is 5.08. The Morgan fingerprint density at radius 3 is 2.47 bits per heavy atom. The van der Waals surface area contributed by atoms with Gasteiger partial charge in [0.25, 0.3) is 0 Å². The summed E-state index contributed by atoms with van der Waals surface area (Å²) in [5.74, 6) is 1.86. The fourth-order valence-electron chi connectivity index (χ4n) is 3.99. The quantitative estimate of drug-likeness (QED) is 0.370. The highest BCUT2D eigenvalue weighted by atomic mass is 32.2. The number of rotatable bonds is 7. The molecular formula is C26H24N2O5S. The Kier molecular flexibility index (Phi) is 5.85. The van der Waals surface area contributed by atoms with Gasteiger partial charge >= 0.3 is 0 Å². The fraction of sp³-hybridized carbons (Fsp3) is 0.192. The van der Waals surface area contributed by atoms with E-state index >= 15 is 0 Å². The van der Waals surface area contributed by atoms with E-state index in [-0.39, 0.29) is 24.8 Å². The minimum absolute atomic E-state index is 0.0556. The summed E-state index contributed by atoms with van der Waals surface area (Å²) in [6, 6.07) is 21.7. The molecule has 1 aromatic heterocycles. The van der Waals surface area contributed by atoms with Crippen LogP contribution >= 0.6 is 0 Å². The van der Waals surface area contributed by atoms with Crippen molar-refractivity contribution in [2.45, 2.75) is 31.8 Å². The molecule has 0 unspecified atom stereocenters. The van der Waals surface area contributed by atoms with E-state index in [1.807, 2.05) is 32.0 Å². The lowest BCUT2D eigenvalue weighted by Crippen LogP contribution is -2.30. The number of benzene rings is 3. The van der Waals surface area contributed by atoms with Gasteiger partial charge < -0.3 is 14.0 Å². The number of sulfonamides is 1. The molecule has 0 amide bonds. The lowest BCUT2D eigenvalue weighted by Gasteiger charge is -2.21. The summed E-state index contributed by atoms with van der Waals surface area (Å²) in [5, 5.41) is 4.18.